The predicted octanol–water partition coefficient (Wildman–Crippen LogP) is 2.10. The molecule has 0 saturated carbocycles. The molecule has 0 spiro atoms. The Bertz CT molecular complexity index is 766. The fourth-order valence-electron chi connectivity index (χ4n) is 2.18. The van der Waals surface area contributed by atoms with Gasteiger partial charge in [0.05, 0.1) is 0 Å². The maximum atomic E-state index is 12.2. The van der Waals surface area contributed by atoms with E-state index in [1.54, 1.807) is 36.4 Å². The summed E-state index contributed by atoms with van der Waals surface area (Å²) in [6.07, 6.45) is 0.196. The number of esters is 1. The first kappa shape index (κ1) is 19.3. The van der Waals surface area contributed by atoms with E-state index in [-0.39, 0.29) is 6.42 Å². The van der Waals surface area contributed by atoms with Crippen molar-refractivity contribution in [2.75, 3.05) is 11.9 Å². The first-order valence-electron chi connectivity index (χ1n) is 7.76. The molecule has 0 bridgehead atoms. The van der Waals surface area contributed by atoms with Crippen LogP contribution in [0.2, 0.25) is 5.02 Å². The second-order valence-electron chi connectivity index (χ2n) is 5.41. The van der Waals surface area contributed by atoms with Crippen molar-refractivity contribution in [3.63, 3.8) is 0 Å². The van der Waals surface area contributed by atoms with Gasteiger partial charge in [0.1, 0.15) is 6.04 Å². The summed E-state index contributed by atoms with van der Waals surface area (Å²) in [5.74, 6) is -1.27. The molecule has 0 heterocycles. The number of benzene rings is 2. The molecule has 26 heavy (non-hydrogen) atoms. The maximum Gasteiger partial charge on any atom is 0.329 e. The van der Waals surface area contributed by atoms with Crippen molar-refractivity contribution in [3.8, 4) is 0 Å². The number of carbonyl (C=O) groups excluding carboxylic acids is 3. The van der Waals surface area contributed by atoms with Crippen molar-refractivity contribution in [2.45, 2.75) is 12.5 Å². The van der Waals surface area contributed by atoms with Crippen LogP contribution in [0.25, 0.3) is 0 Å². The van der Waals surface area contributed by atoms with Crippen LogP contribution in [-0.2, 0) is 20.7 Å². The number of hydrogen-bond acceptors (Lipinski definition) is 4. The number of ether oxygens (including phenoxy) is 1. The Hall–Kier alpha value is -3.06. The Labute approximate surface area is 155 Å². The largest absolute Gasteiger partial charge is 0.454 e. The average Bonchev–Trinajstić information content (AvgIpc) is 2.61. The third-order valence-electron chi connectivity index (χ3n) is 3.36. The predicted molar refractivity (Wildman–Crippen MR) is 97.7 cm³/mol. The highest BCUT2D eigenvalue weighted by molar-refractivity contribution is 6.30. The Kier molecular flexibility index (Phi) is 6.99. The molecule has 2 aromatic rings. The average molecular weight is 376 g/mol. The van der Waals surface area contributed by atoms with E-state index in [1.807, 2.05) is 18.2 Å². The highest BCUT2D eigenvalue weighted by Crippen LogP contribution is 2.13. The Morgan fingerprint density at radius 2 is 1.69 bits per heavy atom. The van der Waals surface area contributed by atoms with E-state index in [9.17, 15) is 14.4 Å². The number of primary amides is 1. The first-order valence-corrected chi connectivity index (χ1v) is 8.14. The van der Waals surface area contributed by atoms with E-state index >= 15 is 0 Å². The van der Waals surface area contributed by atoms with Crippen molar-refractivity contribution in [3.05, 3.63) is 65.2 Å². The van der Waals surface area contributed by atoms with Gasteiger partial charge < -0.3 is 21.1 Å². The zero-order chi connectivity index (χ0) is 18.9. The smallest absolute Gasteiger partial charge is 0.329 e. The minimum absolute atomic E-state index is 0.196. The second-order valence-corrected chi connectivity index (χ2v) is 5.85. The Balaban J connectivity index is 1.90. The lowest BCUT2D eigenvalue weighted by atomic mass is 10.1. The number of halogens is 1. The van der Waals surface area contributed by atoms with Gasteiger partial charge >= 0.3 is 12.0 Å². The van der Waals surface area contributed by atoms with E-state index < -0.39 is 30.6 Å². The second kappa shape index (κ2) is 9.43. The van der Waals surface area contributed by atoms with Crippen LogP contribution >= 0.6 is 11.6 Å². The van der Waals surface area contributed by atoms with Crippen LogP contribution in [0.3, 0.4) is 0 Å². The van der Waals surface area contributed by atoms with Crippen molar-refractivity contribution in [1.82, 2.24) is 5.32 Å². The SMILES string of the molecule is NC(=O)N[C@@H](Cc1ccccc1)C(=O)OCC(=O)Nc1ccc(Cl)cc1. The van der Waals surface area contributed by atoms with E-state index in [0.717, 1.165) is 5.56 Å². The molecule has 2 aromatic carbocycles. The number of nitrogens with one attached hydrogen (secondary N) is 2. The zero-order valence-corrected chi connectivity index (χ0v) is 14.5. The van der Waals surface area contributed by atoms with Gasteiger partial charge in [-0.2, -0.15) is 0 Å². The topological polar surface area (TPSA) is 111 Å². The molecule has 0 fully saturated rings. The van der Waals surface area contributed by atoms with E-state index in [1.165, 1.54) is 0 Å². The minimum Gasteiger partial charge on any atom is -0.454 e. The molecule has 0 radical (unpaired) electrons. The van der Waals surface area contributed by atoms with Crippen LogP contribution in [0, 0.1) is 0 Å². The van der Waals surface area contributed by atoms with Crippen molar-refractivity contribution in [2.24, 2.45) is 5.73 Å². The molecule has 136 valence electrons. The number of rotatable bonds is 7. The van der Waals surface area contributed by atoms with Crippen LogP contribution in [0.5, 0.6) is 0 Å². The zero-order valence-electron chi connectivity index (χ0n) is 13.8. The third-order valence-corrected chi connectivity index (χ3v) is 3.61. The van der Waals surface area contributed by atoms with E-state index in [4.69, 9.17) is 22.1 Å². The van der Waals surface area contributed by atoms with Crippen LogP contribution in [-0.4, -0.2) is 30.6 Å². The molecule has 0 aliphatic rings. The molecule has 1 atom stereocenters. The molecular formula is C18H18ClN3O4. The highest BCUT2D eigenvalue weighted by atomic mass is 35.5. The molecule has 3 amide bonds. The number of carbonyl (C=O) groups is 3. The molecule has 4 N–H and O–H groups in total. The van der Waals surface area contributed by atoms with Crippen LogP contribution in [0.4, 0.5) is 10.5 Å². The fourth-order valence-corrected chi connectivity index (χ4v) is 2.31. The molecule has 8 heteroatoms. The number of amides is 3. The van der Waals surface area contributed by atoms with Crippen molar-refractivity contribution < 1.29 is 19.1 Å². The monoisotopic (exact) mass is 375 g/mol. The molecule has 0 aliphatic heterocycles. The van der Waals surface area contributed by atoms with Gasteiger partial charge in [-0.15, -0.1) is 0 Å². The van der Waals surface area contributed by atoms with Crippen molar-refractivity contribution >= 4 is 35.2 Å². The number of hydrogen-bond donors (Lipinski definition) is 3. The molecule has 0 aromatic heterocycles. The van der Waals surface area contributed by atoms with Crippen LogP contribution < -0.4 is 16.4 Å². The van der Waals surface area contributed by atoms with Crippen LogP contribution in [0.15, 0.2) is 54.6 Å². The minimum atomic E-state index is -0.988. The molecule has 0 aliphatic carbocycles. The molecular weight excluding hydrogens is 358 g/mol. The summed E-state index contributed by atoms with van der Waals surface area (Å²) in [6, 6.07) is 13.7. The molecule has 0 saturated heterocycles. The van der Waals surface area contributed by atoms with Gasteiger partial charge in [-0.05, 0) is 29.8 Å². The summed E-state index contributed by atoms with van der Waals surface area (Å²) in [6.45, 7) is -0.493. The summed E-state index contributed by atoms with van der Waals surface area (Å²) in [5.41, 5.74) is 6.44. The summed E-state index contributed by atoms with van der Waals surface area (Å²) >= 11 is 5.77. The highest BCUT2D eigenvalue weighted by Gasteiger charge is 2.22. The molecule has 2 rings (SSSR count). The summed E-state index contributed by atoms with van der Waals surface area (Å²) in [4.78, 5) is 35.2. The first-order chi connectivity index (χ1) is 12.4. The summed E-state index contributed by atoms with van der Waals surface area (Å²) < 4.78 is 4.99. The Morgan fingerprint density at radius 1 is 1.04 bits per heavy atom. The van der Waals surface area contributed by atoms with Gasteiger partial charge in [0.25, 0.3) is 5.91 Å². The van der Waals surface area contributed by atoms with Crippen LogP contribution in [0.1, 0.15) is 5.56 Å². The lowest BCUT2D eigenvalue weighted by Crippen LogP contribution is -2.46. The molecule has 0 unspecified atom stereocenters. The number of nitrogens with two attached hydrogens (primary N) is 1. The number of anilines is 1. The van der Waals surface area contributed by atoms with Gasteiger partial charge in [0, 0.05) is 17.1 Å². The Morgan fingerprint density at radius 3 is 2.31 bits per heavy atom. The number of urea groups is 1. The standard InChI is InChI=1S/C18H18ClN3O4/c19-13-6-8-14(9-7-13)21-16(23)11-26-17(24)15(22-18(20)25)10-12-4-2-1-3-5-12/h1-9,15H,10-11H2,(H,21,23)(H3,20,22,25)/t15-/m0/s1. The fraction of sp³-hybridized carbons (Fsp3) is 0.167. The normalized spacial score (nSPS) is 11.3. The van der Waals surface area contributed by atoms with Crippen molar-refractivity contribution in [1.29, 1.82) is 0 Å². The summed E-state index contributed by atoms with van der Waals surface area (Å²) in [5, 5.41) is 5.43. The van der Waals surface area contributed by atoms with Gasteiger partial charge in [-0.3, -0.25) is 4.79 Å². The quantitative estimate of drug-likeness (QED) is 0.643. The summed E-state index contributed by atoms with van der Waals surface area (Å²) in [7, 11) is 0. The third kappa shape index (κ3) is 6.45. The lowest BCUT2D eigenvalue weighted by molar-refractivity contribution is -0.149. The van der Waals surface area contributed by atoms with Gasteiger partial charge in [-0.25, -0.2) is 9.59 Å². The van der Waals surface area contributed by atoms with E-state index in [2.05, 4.69) is 10.6 Å². The molecule has 7 nitrogen and oxygen atoms in total. The van der Waals surface area contributed by atoms with Gasteiger partial charge in [-0.1, -0.05) is 41.9 Å². The lowest BCUT2D eigenvalue weighted by Gasteiger charge is -2.16. The van der Waals surface area contributed by atoms with E-state index in [0.29, 0.717) is 10.7 Å². The maximum absolute atomic E-state index is 12.2. The van der Waals surface area contributed by atoms with Gasteiger partial charge in [0.2, 0.25) is 0 Å². The van der Waals surface area contributed by atoms with Gasteiger partial charge in [0.15, 0.2) is 6.61 Å².